The molecule has 0 aliphatic heterocycles. The first-order chi connectivity index (χ1) is 16.3. The second kappa shape index (κ2) is 12.7. The summed E-state index contributed by atoms with van der Waals surface area (Å²) < 4.78 is 19.4. The van der Waals surface area contributed by atoms with E-state index in [0.29, 0.717) is 19.8 Å². The second-order valence-corrected chi connectivity index (χ2v) is 8.72. The van der Waals surface area contributed by atoms with Crippen molar-refractivity contribution < 1.29 is 19.3 Å². The lowest BCUT2D eigenvalue weighted by atomic mass is 9.99. The lowest BCUT2D eigenvalue weighted by Crippen LogP contribution is -2.37. The van der Waals surface area contributed by atoms with Crippen molar-refractivity contribution in [1.82, 2.24) is 0 Å². The minimum Gasteiger partial charge on any atom is -0.396 e. The second-order valence-electron chi connectivity index (χ2n) is 8.72. The third-order valence-corrected chi connectivity index (χ3v) is 6.30. The van der Waals surface area contributed by atoms with Crippen molar-refractivity contribution in [3.63, 3.8) is 0 Å². The van der Waals surface area contributed by atoms with Crippen LogP contribution >= 0.6 is 0 Å². The van der Waals surface area contributed by atoms with Gasteiger partial charge in [0, 0.05) is 6.61 Å². The van der Waals surface area contributed by atoms with Crippen molar-refractivity contribution in [2.45, 2.75) is 57.4 Å². The first kappa shape index (κ1) is 23.7. The van der Waals surface area contributed by atoms with Crippen LogP contribution in [0.1, 0.15) is 36.0 Å². The first-order valence-corrected chi connectivity index (χ1v) is 11.9. The molecular weight excluding hydrogens is 412 g/mol. The van der Waals surface area contributed by atoms with Crippen LogP contribution in [-0.2, 0) is 34.0 Å². The Morgan fingerprint density at radius 3 is 1.55 bits per heavy atom. The maximum absolute atomic E-state index is 9.45. The summed E-state index contributed by atoms with van der Waals surface area (Å²) in [6.07, 6.45) is 2.21. The molecule has 1 N–H and O–H groups in total. The van der Waals surface area contributed by atoms with Gasteiger partial charge in [-0.15, -0.1) is 0 Å². The molecule has 1 aliphatic rings. The molecule has 4 unspecified atom stereocenters. The van der Waals surface area contributed by atoms with Crippen molar-refractivity contribution >= 4 is 0 Å². The molecule has 174 valence electrons. The fourth-order valence-electron chi connectivity index (χ4n) is 4.59. The highest BCUT2D eigenvalue weighted by molar-refractivity contribution is 5.15. The summed E-state index contributed by atoms with van der Waals surface area (Å²) in [5.41, 5.74) is 3.44. The molecule has 0 saturated heterocycles. The maximum Gasteiger partial charge on any atom is 0.110 e. The molecule has 1 aliphatic carbocycles. The monoisotopic (exact) mass is 446 g/mol. The Hall–Kier alpha value is -2.50. The Bertz CT molecular complexity index is 916. The standard InChI is InChI=1S/C29H34O4/c30-18-10-17-26-19-27(31-20-23-11-4-1-5-12-23)29(33-22-25-15-8-3-9-16-25)28(26)32-21-24-13-6-2-7-14-24/h1-9,11-16,26-30H,10,17-22H2. The van der Waals surface area contributed by atoms with Gasteiger partial charge >= 0.3 is 0 Å². The van der Waals surface area contributed by atoms with E-state index in [2.05, 4.69) is 36.4 Å². The summed E-state index contributed by atoms with van der Waals surface area (Å²) in [6.45, 7) is 1.80. The Kier molecular flexibility index (Phi) is 9.08. The van der Waals surface area contributed by atoms with Crippen molar-refractivity contribution in [3.05, 3.63) is 108 Å². The third kappa shape index (κ3) is 6.99. The number of benzene rings is 3. The van der Waals surface area contributed by atoms with Crippen LogP contribution < -0.4 is 0 Å². The van der Waals surface area contributed by atoms with Crippen molar-refractivity contribution in [3.8, 4) is 0 Å². The smallest absolute Gasteiger partial charge is 0.110 e. The number of hydrogen-bond donors (Lipinski definition) is 1. The van der Waals surface area contributed by atoms with E-state index in [1.54, 1.807) is 0 Å². The molecule has 0 spiro atoms. The molecule has 4 nitrogen and oxygen atoms in total. The molecule has 3 aromatic rings. The van der Waals surface area contributed by atoms with E-state index < -0.39 is 0 Å². The Labute approximate surface area is 197 Å². The summed E-state index contributed by atoms with van der Waals surface area (Å²) in [5, 5.41) is 9.45. The lowest BCUT2D eigenvalue weighted by molar-refractivity contribution is -0.127. The Morgan fingerprint density at radius 2 is 1.06 bits per heavy atom. The fourth-order valence-corrected chi connectivity index (χ4v) is 4.59. The highest BCUT2D eigenvalue weighted by atomic mass is 16.6. The van der Waals surface area contributed by atoms with Crippen LogP contribution in [-0.4, -0.2) is 30.0 Å². The summed E-state index contributed by atoms with van der Waals surface area (Å²) >= 11 is 0. The van der Waals surface area contributed by atoms with Gasteiger partial charge in [-0.25, -0.2) is 0 Å². The van der Waals surface area contributed by atoms with Crippen LogP contribution in [0.2, 0.25) is 0 Å². The summed E-state index contributed by atoms with van der Waals surface area (Å²) in [5.74, 6) is 0.280. The number of ether oxygens (including phenoxy) is 3. The van der Waals surface area contributed by atoms with Gasteiger partial charge in [-0.2, -0.15) is 0 Å². The molecule has 4 atom stereocenters. The average molecular weight is 447 g/mol. The van der Waals surface area contributed by atoms with E-state index in [4.69, 9.17) is 14.2 Å². The maximum atomic E-state index is 9.45. The Morgan fingerprint density at radius 1 is 0.606 bits per heavy atom. The van der Waals surface area contributed by atoms with E-state index in [9.17, 15) is 5.11 Å². The molecule has 0 radical (unpaired) electrons. The van der Waals surface area contributed by atoms with E-state index in [0.717, 1.165) is 36.0 Å². The molecule has 0 bridgehead atoms. The fraction of sp³-hybridized carbons (Fsp3) is 0.379. The van der Waals surface area contributed by atoms with Crippen molar-refractivity contribution in [2.75, 3.05) is 6.61 Å². The summed E-state index contributed by atoms with van der Waals surface area (Å²) in [6, 6.07) is 30.7. The topological polar surface area (TPSA) is 47.9 Å². The molecular formula is C29H34O4. The zero-order valence-electron chi connectivity index (χ0n) is 19.1. The predicted molar refractivity (Wildman–Crippen MR) is 129 cm³/mol. The van der Waals surface area contributed by atoms with Crippen LogP contribution in [0.15, 0.2) is 91.0 Å². The normalized spacial score (nSPS) is 22.5. The number of aliphatic hydroxyl groups excluding tert-OH is 1. The van der Waals surface area contributed by atoms with Gasteiger partial charge in [0.15, 0.2) is 0 Å². The van der Waals surface area contributed by atoms with Gasteiger partial charge in [0.05, 0.1) is 32.0 Å². The lowest BCUT2D eigenvalue weighted by Gasteiger charge is -2.27. The average Bonchev–Trinajstić information content (AvgIpc) is 3.21. The Balaban J connectivity index is 1.49. The van der Waals surface area contributed by atoms with Crippen LogP contribution in [0.4, 0.5) is 0 Å². The van der Waals surface area contributed by atoms with Gasteiger partial charge < -0.3 is 19.3 Å². The number of hydrogen-bond acceptors (Lipinski definition) is 4. The molecule has 4 heteroatoms. The predicted octanol–water partition coefficient (Wildman–Crippen LogP) is 5.54. The largest absolute Gasteiger partial charge is 0.396 e. The van der Waals surface area contributed by atoms with Crippen LogP contribution in [0.5, 0.6) is 0 Å². The van der Waals surface area contributed by atoms with Gasteiger partial charge in [-0.3, -0.25) is 0 Å². The quantitative estimate of drug-likeness (QED) is 0.397. The van der Waals surface area contributed by atoms with E-state index >= 15 is 0 Å². The van der Waals surface area contributed by atoms with Gasteiger partial charge in [0.25, 0.3) is 0 Å². The van der Waals surface area contributed by atoms with Gasteiger partial charge in [-0.1, -0.05) is 91.0 Å². The molecule has 4 rings (SSSR count). The SMILES string of the molecule is OCCCC1CC(OCc2ccccc2)C(OCc2ccccc2)C1OCc1ccccc1. The van der Waals surface area contributed by atoms with Crippen LogP contribution in [0.3, 0.4) is 0 Å². The van der Waals surface area contributed by atoms with Crippen LogP contribution in [0.25, 0.3) is 0 Å². The highest BCUT2D eigenvalue weighted by Gasteiger charge is 2.45. The van der Waals surface area contributed by atoms with Gasteiger partial charge in [0.2, 0.25) is 0 Å². The minimum atomic E-state index is -0.165. The van der Waals surface area contributed by atoms with Gasteiger partial charge in [-0.05, 0) is 41.9 Å². The first-order valence-electron chi connectivity index (χ1n) is 11.9. The molecule has 33 heavy (non-hydrogen) atoms. The van der Waals surface area contributed by atoms with E-state index in [-0.39, 0.29) is 30.8 Å². The summed E-state index contributed by atoms with van der Waals surface area (Å²) in [7, 11) is 0. The zero-order chi connectivity index (χ0) is 22.7. The minimum absolute atomic E-state index is 0.0571. The van der Waals surface area contributed by atoms with Crippen LogP contribution in [0, 0.1) is 5.92 Å². The van der Waals surface area contributed by atoms with E-state index in [1.807, 2.05) is 54.6 Å². The molecule has 0 aromatic heterocycles. The number of rotatable bonds is 12. The molecule has 0 heterocycles. The van der Waals surface area contributed by atoms with Crippen molar-refractivity contribution in [2.24, 2.45) is 5.92 Å². The third-order valence-electron chi connectivity index (χ3n) is 6.30. The van der Waals surface area contributed by atoms with Gasteiger partial charge in [0.1, 0.15) is 6.10 Å². The van der Waals surface area contributed by atoms with Crippen molar-refractivity contribution in [1.29, 1.82) is 0 Å². The molecule has 1 fully saturated rings. The number of aliphatic hydroxyl groups is 1. The molecule has 3 aromatic carbocycles. The van der Waals surface area contributed by atoms with E-state index in [1.165, 1.54) is 0 Å². The molecule has 0 amide bonds. The summed E-state index contributed by atoms with van der Waals surface area (Å²) in [4.78, 5) is 0. The highest BCUT2D eigenvalue weighted by Crippen LogP contribution is 2.37. The molecule has 1 saturated carbocycles. The zero-order valence-corrected chi connectivity index (χ0v) is 19.1.